The number of rotatable bonds is 3. The van der Waals surface area contributed by atoms with Gasteiger partial charge in [-0.05, 0) is 55.5 Å². The first kappa shape index (κ1) is 16.6. The Bertz CT molecular complexity index is 989. The molecule has 0 spiro atoms. The van der Waals surface area contributed by atoms with Crippen LogP contribution in [0.25, 0.3) is 0 Å². The molecule has 0 unspecified atom stereocenters. The Morgan fingerprint density at radius 1 is 1.19 bits per heavy atom. The minimum Gasteiger partial charge on any atom is -0.466 e. The van der Waals surface area contributed by atoms with Crippen molar-refractivity contribution in [1.82, 2.24) is 0 Å². The van der Waals surface area contributed by atoms with Gasteiger partial charge >= 0.3 is 0 Å². The normalized spacial score (nSPS) is 12.9. The number of anilines is 2. The molecule has 3 heterocycles. The summed E-state index contributed by atoms with van der Waals surface area (Å²) in [5.41, 5.74) is 3.16. The maximum absolute atomic E-state index is 12.7. The van der Waals surface area contributed by atoms with E-state index in [1.807, 2.05) is 42.6 Å². The molecule has 4 rings (SSSR count). The van der Waals surface area contributed by atoms with E-state index < -0.39 is 0 Å². The van der Waals surface area contributed by atoms with E-state index in [9.17, 15) is 9.59 Å². The van der Waals surface area contributed by atoms with E-state index in [0.717, 1.165) is 22.5 Å². The highest BCUT2D eigenvalue weighted by molar-refractivity contribution is 7.12. The monoisotopic (exact) mass is 366 g/mol. The van der Waals surface area contributed by atoms with Gasteiger partial charge in [0.15, 0.2) is 0 Å². The minimum absolute atomic E-state index is 0.00327. The van der Waals surface area contributed by atoms with E-state index in [1.165, 1.54) is 11.3 Å². The molecule has 0 atom stereocenters. The van der Waals surface area contributed by atoms with Crippen LogP contribution >= 0.6 is 11.3 Å². The third-order valence-electron chi connectivity index (χ3n) is 4.50. The van der Waals surface area contributed by atoms with Gasteiger partial charge < -0.3 is 14.6 Å². The molecule has 1 N–H and O–H groups in total. The number of amides is 2. The molecule has 132 valence electrons. The topological polar surface area (TPSA) is 62.6 Å². The number of thiophene rings is 1. The van der Waals surface area contributed by atoms with Crippen molar-refractivity contribution >= 4 is 34.5 Å². The van der Waals surface area contributed by atoms with Crippen LogP contribution in [0.4, 0.5) is 11.4 Å². The molecule has 2 aromatic heterocycles. The van der Waals surface area contributed by atoms with E-state index in [1.54, 1.807) is 17.9 Å². The summed E-state index contributed by atoms with van der Waals surface area (Å²) in [5.74, 6) is 1.09. The number of hydrogen-bond acceptors (Lipinski definition) is 4. The lowest BCUT2D eigenvalue weighted by Crippen LogP contribution is -2.28. The van der Waals surface area contributed by atoms with Crippen LogP contribution in [0.2, 0.25) is 0 Å². The quantitative estimate of drug-likeness (QED) is 0.747. The van der Waals surface area contributed by atoms with Crippen LogP contribution in [0.5, 0.6) is 0 Å². The summed E-state index contributed by atoms with van der Waals surface area (Å²) in [6.07, 6.45) is 0.820. The van der Waals surface area contributed by atoms with Gasteiger partial charge in [-0.1, -0.05) is 12.1 Å². The molecular weight excluding hydrogens is 348 g/mol. The Morgan fingerprint density at radius 3 is 2.73 bits per heavy atom. The average molecular weight is 366 g/mol. The standard InChI is InChI=1S/C20H18N2O3S/c1-12-10-16(13(2)25-12)19(23)21-15-6-5-14-7-8-22(17(14)11-15)20(24)18-4-3-9-26-18/h3-6,9-11H,7-8H2,1-2H3,(H,21,23). The predicted molar refractivity (Wildman–Crippen MR) is 102 cm³/mol. The van der Waals surface area contributed by atoms with Gasteiger partial charge in [-0.15, -0.1) is 11.3 Å². The van der Waals surface area contributed by atoms with E-state index in [-0.39, 0.29) is 11.8 Å². The van der Waals surface area contributed by atoms with Crippen LogP contribution in [0.3, 0.4) is 0 Å². The van der Waals surface area contributed by atoms with Crippen molar-refractivity contribution in [3.63, 3.8) is 0 Å². The number of nitrogens with zero attached hydrogens (tertiary/aromatic N) is 1. The number of aryl methyl sites for hydroxylation is 2. The number of nitrogens with one attached hydrogen (secondary N) is 1. The van der Waals surface area contributed by atoms with Gasteiger partial charge in [-0.2, -0.15) is 0 Å². The summed E-state index contributed by atoms with van der Waals surface area (Å²) in [6.45, 7) is 4.24. The van der Waals surface area contributed by atoms with Crippen molar-refractivity contribution < 1.29 is 14.0 Å². The van der Waals surface area contributed by atoms with Crippen molar-refractivity contribution in [2.75, 3.05) is 16.8 Å². The Labute approximate surface area is 155 Å². The Hall–Kier alpha value is -2.86. The molecule has 0 saturated carbocycles. The lowest BCUT2D eigenvalue weighted by molar-refractivity contribution is 0.0991. The largest absolute Gasteiger partial charge is 0.466 e. The lowest BCUT2D eigenvalue weighted by Gasteiger charge is -2.17. The molecule has 5 nitrogen and oxygen atoms in total. The number of carbonyl (C=O) groups is 2. The summed E-state index contributed by atoms with van der Waals surface area (Å²) in [6, 6.07) is 11.2. The summed E-state index contributed by atoms with van der Waals surface area (Å²) >= 11 is 1.44. The Kier molecular flexibility index (Phi) is 4.12. The van der Waals surface area contributed by atoms with Crippen LogP contribution in [0, 0.1) is 13.8 Å². The summed E-state index contributed by atoms with van der Waals surface area (Å²) in [7, 11) is 0. The smallest absolute Gasteiger partial charge is 0.268 e. The van der Waals surface area contributed by atoms with Crippen molar-refractivity contribution in [2.45, 2.75) is 20.3 Å². The number of furan rings is 1. The molecule has 0 fully saturated rings. The zero-order chi connectivity index (χ0) is 18.3. The molecule has 1 aliphatic heterocycles. The van der Waals surface area contributed by atoms with Gasteiger partial charge in [0.2, 0.25) is 0 Å². The second-order valence-corrected chi connectivity index (χ2v) is 7.26. The van der Waals surface area contributed by atoms with E-state index in [4.69, 9.17) is 4.42 Å². The van der Waals surface area contributed by atoms with Crippen molar-refractivity contribution in [3.8, 4) is 0 Å². The Balaban J connectivity index is 1.59. The van der Waals surface area contributed by atoms with Crippen LogP contribution < -0.4 is 10.2 Å². The number of fused-ring (bicyclic) bond motifs is 1. The number of benzene rings is 1. The SMILES string of the molecule is Cc1cc(C(=O)Nc2ccc3c(c2)N(C(=O)c2cccs2)CC3)c(C)o1. The molecule has 2 amide bonds. The molecule has 6 heteroatoms. The number of hydrogen-bond donors (Lipinski definition) is 1. The van der Waals surface area contributed by atoms with Gasteiger partial charge in [0, 0.05) is 17.9 Å². The summed E-state index contributed by atoms with van der Waals surface area (Å²) < 4.78 is 5.42. The molecule has 26 heavy (non-hydrogen) atoms. The first-order valence-corrected chi connectivity index (χ1v) is 9.27. The Morgan fingerprint density at radius 2 is 2.04 bits per heavy atom. The first-order valence-electron chi connectivity index (χ1n) is 8.39. The zero-order valence-electron chi connectivity index (χ0n) is 14.5. The molecule has 1 aromatic carbocycles. The second-order valence-electron chi connectivity index (χ2n) is 6.31. The fourth-order valence-electron chi connectivity index (χ4n) is 3.26. The fraction of sp³-hybridized carbons (Fsp3) is 0.200. The molecule has 0 radical (unpaired) electrons. The van der Waals surface area contributed by atoms with Gasteiger partial charge in [-0.3, -0.25) is 9.59 Å². The average Bonchev–Trinajstić information content (AvgIpc) is 3.33. The highest BCUT2D eigenvalue weighted by atomic mass is 32.1. The molecule has 0 aliphatic carbocycles. The highest BCUT2D eigenvalue weighted by Crippen LogP contribution is 2.33. The maximum Gasteiger partial charge on any atom is 0.268 e. The molecular formula is C20H18N2O3S. The maximum atomic E-state index is 12.7. The minimum atomic E-state index is -0.214. The van der Waals surface area contributed by atoms with E-state index >= 15 is 0 Å². The van der Waals surface area contributed by atoms with Crippen LogP contribution in [-0.2, 0) is 6.42 Å². The molecule has 0 saturated heterocycles. The van der Waals surface area contributed by atoms with Gasteiger partial charge in [0.25, 0.3) is 11.8 Å². The van der Waals surface area contributed by atoms with Crippen molar-refractivity contribution in [1.29, 1.82) is 0 Å². The third-order valence-corrected chi connectivity index (χ3v) is 5.36. The van der Waals surface area contributed by atoms with Crippen LogP contribution in [-0.4, -0.2) is 18.4 Å². The fourth-order valence-corrected chi connectivity index (χ4v) is 3.93. The zero-order valence-corrected chi connectivity index (χ0v) is 15.4. The van der Waals surface area contributed by atoms with Crippen molar-refractivity contribution in [3.05, 3.63) is 69.3 Å². The second kappa shape index (κ2) is 6.46. The summed E-state index contributed by atoms with van der Waals surface area (Å²) in [5, 5.41) is 4.80. The first-order chi connectivity index (χ1) is 12.5. The number of carbonyl (C=O) groups excluding carboxylic acids is 2. The van der Waals surface area contributed by atoms with Crippen LogP contribution in [0.1, 0.15) is 37.1 Å². The van der Waals surface area contributed by atoms with Crippen LogP contribution in [0.15, 0.2) is 46.2 Å². The van der Waals surface area contributed by atoms with Crippen molar-refractivity contribution in [2.24, 2.45) is 0 Å². The molecule has 1 aliphatic rings. The highest BCUT2D eigenvalue weighted by Gasteiger charge is 2.26. The van der Waals surface area contributed by atoms with E-state index in [2.05, 4.69) is 5.32 Å². The summed E-state index contributed by atoms with van der Waals surface area (Å²) in [4.78, 5) is 27.7. The predicted octanol–water partition coefficient (Wildman–Crippen LogP) is 4.41. The third kappa shape index (κ3) is 2.93. The van der Waals surface area contributed by atoms with E-state index in [0.29, 0.717) is 29.3 Å². The molecule has 0 bridgehead atoms. The molecule has 3 aromatic rings. The van der Waals surface area contributed by atoms with Gasteiger partial charge in [0.1, 0.15) is 11.5 Å². The van der Waals surface area contributed by atoms with Gasteiger partial charge in [-0.25, -0.2) is 0 Å². The van der Waals surface area contributed by atoms with Gasteiger partial charge in [0.05, 0.1) is 10.4 Å². The lowest BCUT2D eigenvalue weighted by atomic mass is 10.1.